The van der Waals surface area contributed by atoms with E-state index in [0.717, 1.165) is 16.8 Å². The minimum Gasteiger partial charge on any atom is -0.350 e. The van der Waals surface area contributed by atoms with E-state index in [1.54, 1.807) is 6.07 Å². The molecule has 4 nitrogen and oxygen atoms in total. The standard InChI is InChI=1S/C24H19ClN2O2/c1-16-14-19(25)12-13-20(16)26-22-21(18-10-6-3-7-11-18)23(28)27(24(22)29)15-17-8-4-2-5-9-17/h2-14,26H,15H2,1H3. The van der Waals surface area contributed by atoms with Crippen LogP contribution < -0.4 is 5.32 Å². The lowest BCUT2D eigenvalue weighted by molar-refractivity contribution is -0.137. The molecule has 5 heteroatoms. The Balaban J connectivity index is 1.75. The molecule has 0 radical (unpaired) electrons. The summed E-state index contributed by atoms with van der Waals surface area (Å²) < 4.78 is 0. The average molecular weight is 403 g/mol. The number of carbonyl (C=O) groups is 2. The van der Waals surface area contributed by atoms with Crippen molar-refractivity contribution < 1.29 is 9.59 Å². The van der Waals surface area contributed by atoms with Gasteiger partial charge in [-0.3, -0.25) is 14.5 Å². The molecule has 0 fully saturated rings. The molecule has 3 aromatic carbocycles. The molecule has 0 aromatic heterocycles. The fourth-order valence-corrected chi connectivity index (χ4v) is 3.60. The number of halogens is 1. The van der Waals surface area contributed by atoms with Gasteiger partial charge in [0.15, 0.2) is 0 Å². The summed E-state index contributed by atoms with van der Waals surface area (Å²) in [7, 11) is 0. The molecule has 2 amide bonds. The van der Waals surface area contributed by atoms with Crippen molar-refractivity contribution in [1.29, 1.82) is 0 Å². The number of benzene rings is 3. The van der Waals surface area contributed by atoms with Crippen molar-refractivity contribution in [3.05, 3.63) is 106 Å². The Morgan fingerprint density at radius 2 is 1.52 bits per heavy atom. The van der Waals surface area contributed by atoms with Crippen LogP contribution in [0, 0.1) is 6.92 Å². The number of nitrogens with one attached hydrogen (secondary N) is 1. The Morgan fingerprint density at radius 1 is 0.862 bits per heavy atom. The first-order chi connectivity index (χ1) is 14.0. The molecule has 1 aliphatic heterocycles. The topological polar surface area (TPSA) is 49.4 Å². The highest BCUT2D eigenvalue weighted by Gasteiger charge is 2.39. The smallest absolute Gasteiger partial charge is 0.278 e. The van der Waals surface area contributed by atoms with Crippen LogP contribution in [0.3, 0.4) is 0 Å². The molecule has 0 saturated heterocycles. The van der Waals surface area contributed by atoms with Crippen molar-refractivity contribution >= 4 is 34.7 Å². The van der Waals surface area contributed by atoms with Crippen LogP contribution >= 0.6 is 11.6 Å². The second-order valence-electron chi connectivity index (χ2n) is 6.88. The summed E-state index contributed by atoms with van der Waals surface area (Å²) in [5, 5.41) is 3.81. The van der Waals surface area contributed by atoms with E-state index in [2.05, 4.69) is 5.32 Å². The minimum absolute atomic E-state index is 0.222. The summed E-state index contributed by atoms with van der Waals surface area (Å²) in [6, 6.07) is 24.1. The Morgan fingerprint density at radius 3 is 2.17 bits per heavy atom. The lowest BCUT2D eigenvalue weighted by Crippen LogP contribution is -2.32. The first-order valence-corrected chi connectivity index (χ1v) is 9.65. The van der Waals surface area contributed by atoms with Crippen LogP contribution in [0.5, 0.6) is 0 Å². The first-order valence-electron chi connectivity index (χ1n) is 9.27. The van der Waals surface area contributed by atoms with E-state index in [9.17, 15) is 9.59 Å². The minimum atomic E-state index is -0.341. The molecule has 144 valence electrons. The predicted octanol–water partition coefficient (Wildman–Crippen LogP) is 5.04. The van der Waals surface area contributed by atoms with Gasteiger partial charge in [0.25, 0.3) is 11.8 Å². The molecule has 1 heterocycles. The summed E-state index contributed by atoms with van der Waals surface area (Å²) in [6.07, 6.45) is 0. The van der Waals surface area contributed by atoms with Crippen molar-refractivity contribution in [3.63, 3.8) is 0 Å². The van der Waals surface area contributed by atoms with E-state index in [4.69, 9.17) is 11.6 Å². The Hall–Kier alpha value is -3.37. The van der Waals surface area contributed by atoms with Crippen molar-refractivity contribution in [2.24, 2.45) is 0 Å². The van der Waals surface area contributed by atoms with E-state index >= 15 is 0 Å². The maximum Gasteiger partial charge on any atom is 0.278 e. The van der Waals surface area contributed by atoms with E-state index in [-0.39, 0.29) is 24.1 Å². The molecule has 0 aliphatic carbocycles. The SMILES string of the molecule is Cc1cc(Cl)ccc1NC1=C(c2ccccc2)C(=O)N(Cc2ccccc2)C1=O. The highest BCUT2D eigenvalue weighted by Crippen LogP contribution is 2.32. The zero-order chi connectivity index (χ0) is 20.4. The number of carbonyl (C=O) groups excluding carboxylic acids is 2. The number of nitrogens with zero attached hydrogens (tertiary/aromatic N) is 1. The molecule has 0 spiro atoms. The van der Waals surface area contributed by atoms with Crippen molar-refractivity contribution in [2.45, 2.75) is 13.5 Å². The molecule has 1 N–H and O–H groups in total. The normalized spacial score (nSPS) is 13.9. The number of anilines is 1. The average Bonchev–Trinajstić information content (AvgIpc) is 2.96. The third-order valence-electron chi connectivity index (χ3n) is 4.86. The monoisotopic (exact) mass is 402 g/mol. The lowest BCUT2D eigenvalue weighted by Gasteiger charge is -2.16. The van der Waals surface area contributed by atoms with Crippen LogP contribution in [0.4, 0.5) is 5.69 Å². The maximum absolute atomic E-state index is 13.2. The summed E-state index contributed by atoms with van der Waals surface area (Å²) >= 11 is 6.05. The van der Waals surface area contributed by atoms with Gasteiger partial charge in [-0.05, 0) is 41.8 Å². The van der Waals surface area contributed by atoms with Gasteiger partial charge < -0.3 is 5.32 Å². The van der Waals surface area contributed by atoms with Gasteiger partial charge in [-0.25, -0.2) is 0 Å². The number of imide groups is 1. The highest BCUT2D eigenvalue weighted by atomic mass is 35.5. The molecular formula is C24H19ClN2O2. The number of amides is 2. The molecule has 0 saturated carbocycles. The third kappa shape index (κ3) is 3.80. The van der Waals surface area contributed by atoms with Gasteiger partial charge in [0.05, 0.1) is 12.1 Å². The summed E-state index contributed by atoms with van der Waals surface area (Å²) in [5.41, 5.74) is 3.88. The van der Waals surface area contributed by atoms with Crippen LogP contribution in [0.25, 0.3) is 5.57 Å². The highest BCUT2D eigenvalue weighted by molar-refractivity contribution is 6.36. The maximum atomic E-state index is 13.2. The largest absolute Gasteiger partial charge is 0.350 e. The third-order valence-corrected chi connectivity index (χ3v) is 5.10. The van der Waals surface area contributed by atoms with Crippen molar-refractivity contribution in [1.82, 2.24) is 4.90 Å². The van der Waals surface area contributed by atoms with Gasteiger partial charge in [0, 0.05) is 10.7 Å². The molecule has 0 unspecified atom stereocenters. The van der Waals surface area contributed by atoms with Crippen molar-refractivity contribution in [2.75, 3.05) is 5.32 Å². The lowest BCUT2D eigenvalue weighted by atomic mass is 10.0. The van der Waals surface area contributed by atoms with Crippen LogP contribution in [0.2, 0.25) is 5.02 Å². The first kappa shape index (κ1) is 19.0. The fourth-order valence-electron chi connectivity index (χ4n) is 3.38. The van der Waals surface area contributed by atoms with E-state index in [1.807, 2.05) is 79.7 Å². The van der Waals surface area contributed by atoms with Crippen LogP contribution in [0.1, 0.15) is 16.7 Å². The molecule has 0 bridgehead atoms. The van der Waals surface area contributed by atoms with E-state index in [0.29, 0.717) is 16.2 Å². The van der Waals surface area contributed by atoms with Gasteiger partial charge in [-0.15, -0.1) is 0 Å². The summed E-state index contributed by atoms with van der Waals surface area (Å²) in [5.74, 6) is -0.647. The van der Waals surface area contributed by atoms with E-state index in [1.165, 1.54) is 4.90 Å². The van der Waals surface area contributed by atoms with Gasteiger partial charge in [0.2, 0.25) is 0 Å². The van der Waals surface area contributed by atoms with E-state index < -0.39 is 0 Å². The van der Waals surface area contributed by atoms with Crippen LogP contribution in [0.15, 0.2) is 84.6 Å². The van der Waals surface area contributed by atoms with Gasteiger partial charge in [-0.1, -0.05) is 72.3 Å². The molecule has 29 heavy (non-hydrogen) atoms. The molecular weight excluding hydrogens is 384 g/mol. The number of hydrogen-bond acceptors (Lipinski definition) is 3. The summed E-state index contributed by atoms with van der Waals surface area (Å²) in [6.45, 7) is 2.12. The fraction of sp³-hybridized carbons (Fsp3) is 0.0833. The quantitative estimate of drug-likeness (QED) is 0.608. The van der Waals surface area contributed by atoms with Gasteiger partial charge in [0.1, 0.15) is 5.70 Å². The predicted molar refractivity (Wildman–Crippen MR) is 115 cm³/mol. The molecule has 3 aromatic rings. The molecule has 1 aliphatic rings. The summed E-state index contributed by atoms with van der Waals surface area (Å²) in [4.78, 5) is 27.8. The molecule has 0 atom stereocenters. The Kier molecular flexibility index (Phi) is 5.19. The van der Waals surface area contributed by atoms with Gasteiger partial charge in [-0.2, -0.15) is 0 Å². The van der Waals surface area contributed by atoms with Gasteiger partial charge >= 0.3 is 0 Å². The Labute approximate surface area is 174 Å². The zero-order valence-corrected chi connectivity index (χ0v) is 16.6. The van der Waals surface area contributed by atoms with Crippen molar-refractivity contribution in [3.8, 4) is 0 Å². The number of hydrogen-bond donors (Lipinski definition) is 1. The second kappa shape index (κ2) is 7.94. The van der Waals surface area contributed by atoms with Crippen LogP contribution in [-0.2, 0) is 16.1 Å². The van der Waals surface area contributed by atoms with Crippen LogP contribution in [-0.4, -0.2) is 16.7 Å². The Bertz CT molecular complexity index is 1110. The number of rotatable bonds is 5. The second-order valence-corrected chi connectivity index (χ2v) is 7.32. The number of aryl methyl sites for hydroxylation is 1. The zero-order valence-electron chi connectivity index (χ0n) is 15.9. The molecule has 4 rings (SSSR count).